The molecule has 0 spiro atoms. The van der Waals surface area contributed by atoms with Gasteiger partial charge in [0.2, 0.25) is 0 Å². The number of aromatic nitrogens is 4. The average Bonchev–Trinajstić information content (AvgIpc) is 3.09. The minimum Gasteiger partial charge on any atom is -0.506 e. The fourth-order valence-corrected chi connectivity index (χ4v) is 2.88. The molecule has 130 valence electrons. The molecule has 4 aromatic rings. The highest BCUT2D eigenvalue weighted by Gasteiger charge is 2.16. The van der Waals surface area contributed by atoms with Crippen LogP contribution in [-0.4, -0.2) is 31.9 Å². The van der Waals surface area contributed by atoms with Crippen molar-refractivity contribution in [2.45, 2.75) is 0 Å². The van der Waals surface area contributed by atoms with Gasteiger partial charge in [0.1, 0.15) is 11.4 Å². The molecule has 1 aromatic carbocycles. The van der Waals surface area contributed by atoms with Crippen LogP contribution in [-0.2, 0) is 7.05 Å². The summed E-state index contributed by atoms with van der Waals surface area (Å²) in [7, 11) is 3.69. The summed E-state index contributed by atoms with van der Waals surface area (Å²) in [6.07, 6.45) is 5.30. The Balaban J connectivity index is 1.81. The minimum atomic E-state index is -0.0110. The third-order valence-corrected chi connectivity index (χ3v) is 4.31. The Morgan fingerprint density at radius 1 is 1.19 bits per heavy atom. The summed E-state index contributed by atoms with van der Waals surface area (Å²) in [5, 5.41) is 15.5. The fraction of sp³-hybridized carbons (Fsp3) is 0.105. The standard InChI is InChI=1S/C19H18N6O/c1-24-11-13(10-22-24)16-9-17(26)18(20)19(23-16)25(2)14-5-6-15-12(8-14)4-3-7-21-15/h3-11H,20H2,1-2H3,(H,23,26). The van der Waals surface area contributed by atoms with Crippen molar-refractivity contribution in [1.29, 1.82) is 0 Å². The first kappa shape index (κ1) is 15.9. The van der Waals surface area contributed by atoms with Gasteiger partial charge in [-0.2, -0.15) is 5.10 Å². The normalized spacial score (nSPS) is 11.0. The van der Waals surface area contributed by atoms with E-state index in [-0.39, 0.29) is 11.4 Å². The molecule has 3 heterocycles. The Morgan fingerprint density at radius 3 is 2.81 bits per heavy atom. The van der Waals surface area contributed by atoms with Gasteiger partial charge in [-0.1, -0.05) is 6.07 Å². The lowest BCUT2D eigenvalue weighted by Crippen LogP contribution is -2.14. The second kappa shape index (κ2) is 6.03. The van der Waals surface area contributed by atoms with Crippen molar-refractivity contribution >= 4 is 28.1 Å². The van der Waals surface area contributed by atoms with E-state index in [0.29, 0.717) is 11.5 Å². The summed E-state index contributed by atoms with van der Waals surface area (Å²) in [5.74, 6) is 0.468. The van der Waals surface area contributed by atoms with Gasteiger partial charge in [0, 0.05) is 49.2 Å². The first-order valence-corrected chi connectivity index (χ1v) is 8.10. The van der Waals surface area contributed by atoms with Crippen LogP contribution in [0.15, 0.2) is 55.0 Å². The van der Waals surface area contributed by atoms with Crippen LogP contribution in [0.1, 0.15) is 0 Å². The Kier molecular flexibility index (Phi) is 3.69. The molecule has 0 aliphatic rings. The molecule has 0 unspecified atom stereocenters. The number of fused-ring (bicyclic) bond motifs is 1. The zero-order valence-corrected chi connectivity index (χ0v) is 14.5. The molecule has 0 fully saturated rings. The highest BCUT2D eigenvalue weighted by atomic mass is 16.3. The van der Waals surface area contributed by atoms with Crippen molar-refractivity contribution in [3.05, 3.63) is 55.0 Å². The summed E-state index contributed by atoms with van der Waals surface area (Å²) >= 11 is 0. The lowest BCUT2D eigenvalue weighted by Gasteiger charge is -2.21. The lowest BCUT2D eigenvalue weighted by atomic mass is 10.1. The molecule has 0 aliphatic heterocycles. The Bertz CT molecular complexity index is 1100. The number of hydrogen-bond donors (Lipinski definition) is 2. The van der Waals surface area contributed by atoms with Crippen LogP contribution < -0.4 is 10.6 Å². The number of benzene rings is 1. The third-order valence-electron chi connectivity index (χ3n) is 4.31. The number of nitrogens with two attached hydrogens (primary N) is 1. The molecule has 7 nitrogen and oxygen atoms in total. The van der Waals surface area contributed by atoms with Gasteiger partial charge < -0.3 is 15.7 Å². The number of nitrogen functional groups attached to an aromatic ring is 1. The summed E-state index contributed by atoms with van der Waals surface area (Å²) in [6.45, 7) is 0. The quantitative estimate of drug-likeness (QED) is 0.592. The van der Waals surface area contributed by atoms with Crippen LogP contribution in [0, 0.1) is 0 Å². The predicted molar refractivity (Wildman–Crippen MR) is 102 cm³/mol. The van der Waals surface area contributed by atoms with Crippen LogP contribution in [0.25, 0.3) is 22.2 Å². The molecule has 0 saturated carbocycles. The molecule has 7 heteroatoms. The molecule has 0 bridgehead atoms. The zero-order valence-electron chi connectivity index (χ0n) is 14.5. The van der Waals surface area contributed by atoms with Gasteiger partial charge >= 0.3 is 0 Å². The monoisotopic (exact) mass is 346 g/mol. The first-order chi connectivity index (χ1) is 12.5. The van der Waals surface area contributed by atoms with Crippen LogP contribution in [0.3, 0.4) is 0 Å². The van der Waals surface area contributed by atoms with Crippen LogP contribution >= 0.6 is 0 Å². The van der Waals surface area contributed by atoms with Crippen molar-refractivity contribution in [3.8, 4) is 17.0 Å². The van der Waals surface area contributed by atoms with Crippen molar-refractivity contribution < 1.29 is 5.11 Å². The topological polar surface area (TPSA) is 93.1 Å². The molecule has 3 N–H and O–H groups in total. The van der Waals surface area contributed by atoms with E-state index < -0.39 is 0 Å². The van der Waals surface area contributed by atoms with E-state index in [9.17, 15) is 5.11 Å². The van der Waals surface area contributed by atoms with Gasteiger partial charge in [0.25, 0.3) is 0 Å². The molecular weight excluding hydrogens is 328 g/mol. The van der Waals surface area contributed by atoms with Gasteiger partial charge in [0.05, 0.1) is 17.4 Å². The maximum absolute atomic E-state index is 10.3. The molecule has 4 rings (SSSR count). The maximum Gasteiger partial charge on any atom is 0.160 e. The zero-order chi connectivity index (χ0) is 18.3. The second-order valence-corrected chi connectivity index (χ2v) is 6.11. The van der Waals surface area contributed by atoms with Crippen LogP contribution in [0.5, 0.6) is 5.75 Å². The molecule has 0 saturated heterocycles. The summed E-state index contributed by atoms with van der Waals surface area (Å²) in [6, 6.07) is 11.4. The number of hydrogen-bond acceptors (Lipinski definition) is 6. The number of aromatic hydroxyl groups is 1. The second-order valence-electron chi connectivity index (χ2n) is 6.11. The van der Waals surface area contributed by atoms with Crippen molar-refractivity contribution in [2.75, 3.05) is 17.7 Å². The van der Waals surface area contributed by atoms with Crippen LogP contribution in [0.2, 0.25) is 0 Å². The lowest BCUT2D eigenvalue weighted by molar-refractivity contribution is 0.477. The van der Waals surface area contributed by atoms with Crippen molar-refractivity contribution in [3.63, 3.8) is 0 Å². The predicted octanol–water partition coefficient (Wildman–Crippen LogP) is 3.09. The highest BCUT2D eigenvalue weighted by Crippen LogP contribution is 2.36. The number of rotatable bonds is 3. The van der Waals surface area contributed by atoms with Crippen LogP contribution in [0.4, 0.5) is 17.2 Å². The third kappa shape index (κ3) is 2.69. The number of nitrogens with zero attached hydrogens (tertiary/aromatic N) is 5. The smallest absolute Gasteiger partial charge is 0.160 e. The number of anilines is 3. The van der Waals surface area contributed by atoms with Gasteiger partial charge in [-0.05, 0) is 24.3 Å². The van der Waals surface area contributed by atoms with E-state index >= 15 is 0 Å². The minimum absolute atomic E-state index is 0.0110. The average molecular weight is 346 g/mol. The molecule has 0 amide bonds. The SMILES string of the molecule is CN(c1ccc2ncccc2c1)c1nc(-c2cnn(C)c2)cc(O)c1N. The van der Waals surface area contributed by atoms with E-state index in [1.165, 1.54) is 0 Å². The van der Waals surface area contributed by atoms with Gasteiger partial charge in [-0.15, -0.1) is 0 Å². The van der Waals surface area contributed by atoms with Gasteiger partial charge in [-0.3, -0.25) is 9.67 Å². The molecule has 0 radical (unpaired) electrons. The fourth-order valence-electron chi connectivity index (χ4n) is 2.88. The maximum atomic E-state index is 10.3. The summed E-state index contributed by atoms with van der Waals surface area (Å²) < 4.78 is 1.68. The van der Waals surface area contributed by atoms with Gasteiger partial charge in [0.15, 0.2) is 5.82 Å². The Labute approximate surface area is 150 Å². The number of pyridine rings is 2. The molecule has 26 heavy (non-hydrogen) atoms. The Hall–Kier alpha value is -3.61. The van der Waals surface area contributed by atoms with E-state index in [1.54, 1.807) is 23.1 Å². The highest BCUT2D eigenvalue weighted by molar-refractivity contribution is 5.85. The molecule has 0 atom stereocenters. The van der Waals surface area contributed by atoms with E-state index in [1.807, 2.05) is 55.5 Å². The van der Waals surface area contributed by atoms with Crippen molar-refractivity contribution in [2.24, 2.45) is 7.05 Å². The molecule has 0 aliphatic carbocycles. The van der Waals surface area contributed by atoms with E-state index in [4.69, 9.17) is 5.73 Å². The molecule has 3 aromatic heterocycles. The van der Waals surface area contributed by atoms with E-state index in [2.05, 4.69) is 15.1 Å². The van der Waals surface area contributed by atoms with Crippen molar-refractivity contribution in [1.82, 2.24) is 19.7 Å². The summed E-state index contributed by atoms with van der Waals surface area (Å²) in [5.41, 5.74) is 9.55. The molecular formula is C19H18N6O. The number of aryl methyl sites for hydroxylation is 1. The Morgan fingerprint density at radius 2 is 2.04 bits per heavy atom. The first-order valence-electron chi connectivity index (χ1n) is 8.10. The van der Waals surface area contributed by atoms with E-state index in [0.717, 1.165) is 22.2 Å². The summed E-state index contributed by atoms with van der Waals surface area (Å²) in [4.78, 5) is 10.8. The van der Waals surface area contributed by atoms with Gasteiger partial charge in [-0.25, -0.2) is 4.98 Å². The largest absolute Gasteiger partial charge is 0.506 e.